The average Bonchev–Trinajstić information content (AvgIpc) is 3.13. The van der Waals surface area contributed by atoms with Crippen molar-refractivity contribution in [2.75, 3.05) is 6.54 Å². The third-order valence-electron chi connectivity index (χ3n) is 4.28. The quantitative estimate of drug-likeness (QED) is 0.732. The van der Waals surface area contributed by atoms with Crippen LogP contribution < -0.4 is 5.32 Å². The van der Waals surface area contributed by atoms with Crippen molar-refractivity contribution in [2.45, 2.75) is 32.6 Å². The molecule has 8 nitrogen and oxygen atoms in total. The summed E-state index contributed by atoms with van der Waals surface area (Å²) in [6.07, 6.45) is 7.29. The van der Waals surface area contributed by atoms with Gasteiger partial charge in [0, 0.05) is 30.4 Å². The lowest BCUT2D eigenvalue weighted by Gasteiger charge is -2.02. The van der Waals surface area contributed by atoms with Gasteiger partial charge in [-0.2, -0.15) is 4.98 Å². The summed E-state index contributed by atoms with van der Waals surface area (Å²) in [5.41, 5.74) is 1.14. The molecule has 0 atom stereocenters. The van der Waals surface area contributed by atoms with Crippen LogP contribution in [-0.2, 0) is 0 Å². The molecule has 1 N–H and O–H groups in total. The van der Waals surface area contributed by atoms with Crippen LogP contribution in [0, 0.1) is 5.92 Å². The number of hydrogen-bond donors (Lipinski definition) is 1. The molecular formula is C18H20N6O2. The average molecular weight is 352 g/mol. The van der Waals surface area contributed by atoms with E-state index in [9.17, 15) is 4.79 Å². The molecule has 0 saturated heterocycles. The summed E-state index contributed by atoms with van der Waals surface area (Å²) in [5.74, 6) is 2.39. The Balaban J connectivity index is 1.53. The third kappa shape index (κ3) is 3.49. The fourth-order valence-corrected chi connectivity index (χ4v) is 2.49. The van der Waals surface area contributed by atoms with Crippen LogP contribution in [0.25, 0.3) is 17.3 Å². The first kappa shape index (κ1) is 16.4. The molecule has 3 heterocycles. The fraction of sp³-hybridized carbons (Fsp3) is 0.389. The number of rotatable bonds is 6. The van der Waals surface area contributed by atoms with E-state index in [4.69, 9.17) is 4.52 Å². The first-order valence-corrected chi connectivity index (χ1v) is 8.72. The fourth-order valence-electron chi connectivity index (χ4n) is 2.49. The Hall–Kier alpha value is -3.03. The molecule has 1 amide bonds. The summed E-state index contributed by atoms with van der Waals surface area (Å²) < 4.78 is 7.03. The van der Waals surface area contributed by atoms with Gasteiger partial charge < -0.3 is 9.84 Å². The summed E-state index contributed by atoms with van der Waals surface area (Å²) >= 11 is 0. The lowest BCUT2D eigenvalue weighted by atomic mass is 10.2. The molecule has 3 aromatic rings. The lowest BCUT2D eigenvalue weighted by Crippen LogP contribution is -2.25. The van der Waals surface area contributed by atoms with Crippen molar-refractivity contribution in [1.29, 1.82) is 0 Å². The van der Waals surface area contributed by atoms with Gasteiger partial charge in [0.25, 0.3) is 11.8 Å². The maximum Gasteiger partial charge on any atom is 0.271 e. The second kappa shape index (κ2) is 6.70. The highest BCUT2D eigenvalue weighted by Gasteiger charge is 2.22. The number of hydrogen-bond acceptors (Lipinski definition) is 6. The Kier molecular flexibility index (Phi) is 4.24. The smallest absolute Gasteiger partial charge is 0.271 e. The van der Waals surface area contributed by atoms with Crippen molar-refractivity contribution in [3.8, 4) is 17.3 Å². The van der Waals surface area contributed by atoms with E-state index in [-0.39, 0.29) is 11.8 Å². The number of pyridine rings is 1. The van der Waals surface area contributed by atoms with Crippen LogP contribution >= 0.6 is 0 Å². The molecule has 0 aliphatic heterocycles. The highest BCUT2D eigenvalue weighted by molar-refractivity contribution is 5.92. The molecule has 0 radical (unpaired) electrons. The van der Waals surface area contributed by atoms with Gasteiger partial charge in [0.2, 0.25) is 0 Å². The Morgan fingerprint density at radius 1 is 1.38 bits per heavy atom. The largest absolute Gasteiger partial charge is 0.350 e. The minimum Gasteiger partial charge on any atom is -0.350 e. The summed E-state index contributed by atoms with van der Waals surface area (Å²) in [7, 11) is 0. The predicted octanol–water partition coefficient (Wildman–Crippen LogP) is 2.58. The molecule has 8 heteroatoms. The van der Waals surface area contributed by atoms with Gasteiger partial charge in [-0.3, -0.25) is 9.36 Å². The molecule has 1 fully saturated rings. The number of carbonyl (C=O) groups excluding carboxylic acids is 1. The molecule has 26 heavy (non-hydrogen) atoms. The Labute approximate surface area is 150 Å². The zero-order valence-corrected chi connectivity index (χ0v) is 14.7. The van der Waals surface area contributed by atoms with Gasteiger partial charge in [0.05, 0.1) is 0 Å². The van der Waals surface area contributed by atoms with Crippen molar-refractivity contribution in [3.05, 3.63) is 42.4 Å². The van der Waals surface area contributed by atoms with Crippen molar-refractivity contribution >= 4 is 5.91 Å². The van der Waals surface area contributed by atoms with Gasteiger partial charge in [-0.15, -0.1) is 0 Å². The van der Waals surface area contributed by atoms with Gasteiger partial charge in [-0.25, -0.2) is 9.97 Å². The van der Waals surface area contributed by atoms with E-state index in [2.05, 4.69) is 25.4 Å². The maximum absolute atomic E-state index is 12.1. The minimum absolute atomic E-state index is 0.162. The maximum atomic E-state index is 12.1. The van der Waals surface area contributed by atoms with E-state index in [0.29, 0.717) is 29.1 Å². The van der Waals surface area contributed by atoms with Crippen LogP contribution in [0.4, 0.5) is 0 Å². The molecule has 1 aliphatic carbocycles. The van der Waals surface area contributed by atoms with Gasteiger partial charge in [-0.1, -0.05) is 19.0 Å². The van der Waals surface area contributed by atoms with Gasteiger partial charge in [0.1, 0.15) is 17.8 Å². The zero-order chi connectivity index (χ0) is 18.1. The second-order valence-electron chi connectivity index (χ2n) is 6.83. The van der Waals surface area contributed by atoms with E-state index < -0.39 is 0 Å². The van der Waals surface area contributed by atoms with Crippen molar-refractivity contribution in [1.82, 2.24) is 30.0 Å². The highest BCUT2D eigenvalue weighted by Crippen LogP contribution is 2.27. The SMILES string of the molecule is CC(C)c1noc(-c2ccnc(-n3cnc(C(=O)NCC4CC4)c3)c2)n1. The van der Waals surface area contributed by atoms with E-state index in [1.165, 1.54) is 12.8 Å². The predicted molar refractivity (Wildman–Crippen MR) is 93.8 cm³/mol. The third-order valence-corrected chi connectivity index (χ3v) is 4.28. The molecule has 1 saturated carbocycles. The number of amides is 1. The normalized spacial score (nSPS) is 14.0. The first-order valence-electron chi connectivity index (χ1n) is 8.72. The highest BCUT2D eigenvalue weighted by atomic mass is 16.5. The number of aromatic nitrogens is 5. The van der Waals surface area contributed by atoms with Crippen LogP contribution in [0.5, 0.6) is 0 Å². The van der Waals surface area contributed by atoms with Crippen LogP contribution in [0.1, 0.15) is 48.9 Å². The first-order chi connectivity index (χ1) is 12.6. The van der Waals surface area contributed by atoms with Crippen LogP contribution in [0.2, 0.25) is 0 Å². The van der Waals surface area contributed by atoms with Crippen LogP contribution in [-0.4, -0.2) is 37.1 Å². The molecule has 0 bridgehead atoms. The Morgan fingerprint density at radius 3 is 2.96 bits per heavy atom. The van der Waals surface area contributed by atoms with E-state index in [1.807, 2.05) is 19.9 Å². The summed E-state index contributed by atoms with van der Waals surface area (Å²) in [5, 5.41) is 6.89. The number of nitrogens with one attached hydrogen (secondary N) is 1. The van der Waals surface area contributed by atoms with Crippen molar-refractivity contribution in [3.63, 3.8) is 0 Å². The van der Waals surface area contributed by atoms with Gasteiger partial charge in [-0.05, 0) is 30.9 Å². The van der Waals surface area contributed by atoms with Gasteiger partial charge >= 0.3 is 0 Å². The summed E-state index contributed by atoms with van der Waals surface area (Å²) in [4.78, 5) is 25.1. The molecule has 0 spiro atoms. The van der Waals surface area contributed by atoms with E-state index in [1.54, 1.807) is 29.4 Å². The molecule has 0 aromatic carbocycles. The number of nitrogens with zero attached hydrogens (tertiary/aromatic N) is 5. The lowest BCUT2D eigenvalue weighted by molar-refractivity contribution is 0.0947. The zero-order valence-electron chi connectivity index (χ0n) is 14.7. The monoisotopic (exact) mass is 352 g/mol. The molecule has 1 aliphatic rings. The van der Waals surface area contributed by atoms with E-state index >= 15 is 0 Å². The van der Waals surface area contributed by atoms with E-state index in [0.717, 1.165) is 12.1 Å². The topological polar surface area (TPSA) is 98.7 Å². The number of imidazole rings is 1. The van der Waals surface area contributed by atoms with Gasteiger partial charge in [0.15, 0.2) is 5.82 Å². The number of carbonyl (C=O) groups is 1. The minimum atomic E-state index is -0.162. The Morgan fingerprint density at radius 2 is 2.23 bits per heavy atom. The summed E-state index contributed by atoms with van der Waals surface area (Å²) in [6.45, 7) is 4.73. The summed E-state index contributed by atoms with van der Waals surface area (Å²) in [6, 6.07) is 3.63. The molecule has 134 valence electrons. The molecule has 0 unspecified atom stereocenters. The molecule has 3 aromatic heterocycles. The second-order valence-corrected chi connectivity index (χ2v) is 6.83. The standard InChI is InChI=1S/C18H20N6O2/c1-11(2)16-22-18(26-23-16)13-5-6-19-15(7-13)24-9-14(21-10-24)17(25)20-8-12-3-4-12/h5-7,9-12H,3-4,8H2,1-2H3,(H,20,25). The van der Waals surface area contributed by atoms with Crippen molar-refractivity contribution < 1.29 is 9.32 Å². The van der Waals surface area contributed by atoms with Crippen molar-refractivity contribution in [2.24, 2.45) is 5.92 Å². The van der Waals surface area contributed by atoms with Crippen LogP contribution in [0.3, 0.4) is 0 Å². The molecular weight excluding hydrogens is 332 g/mol. The Bertz CT molecular complexity index is 925. The molecule has 4 rings (SSSR count). The van der Waals surface area contributed by atoms with Crippen LogP contribution in [0.15, 0.2) is 35.4 Å².